The fourth-order valence-corrected chi connectivity index (χ4v) is 3.21. The van der Waals surface area contributed by atoms with Crippen LogP contribution < -0.4 is 5.32 Å². The molecule has 0 amide bonds. The monoisotopic (exact) mass is 229 g/mol. The molecule has 1 rings (SSSR count). The second-order valence-electron chi connectivity index (χ2n) is 5.93. The van der Waals surface area contributed by atoms with Crippen LogP contribution >= 0.6 is 11.8 Å². The Labute approximate surface area is 99.8 Å². The molecule has 2 heteroatoms. The molecule has 1 nitrogen and oxygen atoms in total. The Bertz CT molecular complexity index is 174. The van der Waals surface area contributed by atoms with E-state index in [9.17, 15) is 0 Å². The molecular formula is C13H27NS. The molecule has 0 aromatic heterocycles. The van der Waals surface area contributed by atoms with Crippen LogP contribution in [0.15, 0.2) is 0 Å². The Morgan fingerprint density at radius 3 is 2.47 bits per heavy atom. The quantitative estimate of drug-likeness (QED) is 0.789. The van der Waals surface area contributed by atoms with Gasteiger partial charge in [-0.15, -0.1) is 0 Å². The molecule has 2 unspecified atom stereocenters. The van der Waals surface area contributed by atoms with E-state index in [0.29, 0.717) is 5.41 Å². The molecular weight excluding hydrogens is 202 g/mol. The highest BCUT2D eigenvalue weighted by Gasteiger charge is 2.23. The Morgan fingerprint density at radius 2 is 1.87 bits per heavy atom. The van der Waals surface area contributed by atoms with Crippen molar-refractivity contribution in [3.63, 3.8) is 0 Å². The predicted octanol–water partition coefficient (Wildman–Crippen LogP) is 3.69. The molecule has 0 aromatic rings. The molecule has 0 radical (unpaired) electrons. The summed E-state index contributed by atoms with van der Waals surface area (Å²) in [5, 5.41) is 4.62. The highest BCUT2D eigenvalue weighted by Crippen LogP contribution is 2.27. The van der Waals surface area contributed by atoms with Crippen LogP contribution in [0.5, 0.6) is 0 Å². The fraction of sp³-hybridized carbons (Fsp3) is 1.00. The van der Waals surface area contributed by atoms with Crippen LogP contribution in [0.3, 0.4) is 0 Å². The zero-order chi connectivity index (χ0) is 11.3. The van der Waals surface area contributed by atoms with Crippen LogP contribution in [0.2, 0.25) is 0 Å². The molecule has 90 valence electrons. The maximum atomic E-state index is 3.76. The summed E-state index contributed by atoms with van der Waals surface area (Å²) < 4.78 is 0. The molecule has 2 atom stereocenters. The van der Waals surface area contributed by atoms with Gasteiger partial charge in [-0.3, -0.25) is 0 Å². The maximum absolute atomic E-state index is 3.76. The molecule has 0 bridgehead atoms. The number of hydrogen-bond acceptors (Lipinski definition) is 2. The maximum Gasteiger partial charge on any atom is 0.0198 e. The van der Waals surface area contributed by atoms with Crippen molar-refractivity contribution in [3.8, 4) is 0 Å². The average Bonchev–Trinajstić information content (AvgIpc) is 2.16. The molecule has 0 aromatic carbocycles. The van der Waals surface area contributed by atoms with Gasteiger partial charge >= 0.3 is 0 Å². The van der Waals surface area contributed by atoms with E-state index in [1.54, 1.807) is 0 Å². The van der Waals surface area contributed by atoms with Crippen molar-refractivity contribution in [2.24, 2.45) is 5.41 Å². The van der Waals surface area contributed by atoms with Gasteiger partial charge in [-0.1, -0.05) is 33.6 Å². The highest BCUT2D eigenvalue weighted by molar-refractivity contribution is 7.99. The van der Waals surface area contributed by atoms with E-state index in [4.69, 9.17) is 0 Å². The summed E-state index contributed by atoms with van der Waals surface area (Å²) in [4.78, 5) is 0. The largest absolute Gasteiger partial charge is 0.313 e. The number of nitrogens with one attached hydrogen (secondary N) is 1. The average molecular weight is 229 g/mol. The minimum absolute atomic E-state index is 0.469. The summed E-state index contributed by atoms with van der Waals surface area (Å²) in [7, 11) is 0. The molecule has 0 aliphatic heterocycles. The molecule has 1 N–H and O–H groups in total. The third-order valence-electron chi connectivity index (χ3n) is 3.29. The highest BCUT2D eigenvalue weighted by atomic mass is 32.2. The molecule has 15 heavy (non-hydrogen) atoms. The van der Waals surface area contributed by atoms with Gasteiger partial charge in [0.25, 0.3) is 0 Å². The van der Waals surface area contributed by atoms with Crippen LogP contribution in [-0.4, -0.2) is 24.1 Å². The summed E-state index contributed by atoms with van der Waals surface area (Å²) >= 11 is 2.05. The first-order valence-electron chi connectivity index (χ1n) is 6.29. The lowest BCUT2D eigenvalue weighted by atomic mass is 9.91. The van der Waals surface area contributed by atoms with Crippen molar-refractivity contribution in [2.75, 3.05) is 12.8 Å². The minimum Gasteiger partial charge on any atom is -0.313 e. The summed E-state index contributed by atoms with van der Waals surface area (Å²) in [5.41, 5.74) is 0.469. The fourth-order valence-electron chi connectivity index (χ4n) is 2.25. The van der Waals surface area contributed by atoms with Gasteiger partial charge in [0.05, 0.1) is 0 Å². The summed E-state index contributed by atoms with van der Waals surface area (Å²) in [6.07, 6.45) is 9.19. The van der Waals surface area contributed by atoms with Gasteiger partial charge in [0.2, 0.25) is 0 Å². The Morgan fingerprint density at radius 1 is 1.20 bits per heavy atom. The van der Waals surface area contributed by atoms with Crippen LogP contribution in [-0.2, 0) is 0 Å². The first kappa shape index (κ1) is 13.4. The van der Waals surface area contributed by atoms with E-state index in [-0.39, 0.29) is 0 Å². The van der Waals surface area contributed by atoms with E-state index >= 15 is 0 Å². The summed E-state index contributed by atoms with van der Waals surface area (Å²) in [5.74, 6) is 0. The van der Waals surface area contributed by atoms with Gasteiger partial charge in [-0.2, -0.15) is 11.8 Å². The van der Waals surface area contributed by atoms with Crippen molar-refractivity contribution in [3.05, 3.63) is 0 Å². The third-order valence-corrected chi connectivity index (χ3v) is 4.46. The van der Waals surface area contributed by atoms with Crippen molar-refractivity contribution in [1.82, 2.24) is 5.32 Å². The van der Waals surface area contributed by atoms with E-state index in [0.717, 1.165) is 11.3 Å². The topological polar surface area (TPSA) is 12.0 Å². The summed E-state index contributed by atoms with van der Waals surface area (Å²) in [6, 6.07) is 0.774. The Hall–Kier alpha value is 0.310. The lowest BCUT2D eigenvalue weighted by molar-refractivity contribution is 0.328. The van der Waals surface area contributed by atoms with E-state index in [1.807, 2.05) is 11.8 Å². The number of hydrogen-bond donors (Lipinski definition) is 1. The second-order valence-corrected chi connectivity index (χ2v) is 7.01. The van der Waals surface area contributed by atoms with Gasteiger partial charge in [0.1, 0.15) is 0 Å². The van der Waals surface area contributed by atoms with Crippen molar-refractivity contribution in [1.29, 1.82) is 0 Å². The van der Waals surface area contributed by atoms with E-state index in [2.05, 4.69) is 32.3 Å². The molecule has 1 aliphatic rings. The molecule has 0 heterocycles. The van der Waals surface area contributed by atoms with Gasteiger partial charge in [0.15, 0.2) is 0 Å². The predicted molar refractivity (Wildman–Crippen MR) is 71.6 cm³/mol. The van der Waals surface area contributed by atoms with Crippen LogP contribution in [0, 0.1) is 5.41 Å². The van der Waals surface area contributed by atoms with Gasteiger partial charge in [-0.05, 0) is 37.5 Å². The lowest BCUT2D eigenvalue weighted by Gasteiger charge is -2.32. The van der Waals surface area contributed by atoms with Crippen molar-refractivity contribution < 1.29 is 0 Å². The van der Waals surface area contributed by atoms with Crippen molar-refractivity contribution >= 4 is 11.8 Å². The van der Waals surface area contributed by atoms with Crippen LogP contribution in [0.25, 0.3) is 0 Å². The Kier molecular flexibility index (Phi) is 5.48. The first-order chi connectivity index (χ1) is 7.03. The van der Waals surface area contributed by atoms with Crippen LogP contribution in [0.4, 0.5) is 0 Å². The zero-order valence-electron chi connectivity index (χ0n) is 10.8. The van der Waals surface area contributed by atoms with Gasteiger partial charge < -0.3 is 5.32 Å². The molecule has 0 spiro atoms. The van der Waals surface area contributed by atoms with Crippen molar-refractivity contribution in [2.45, 2.75) is 64.2 Å². The number of thioether (sulfide) groups is 1. The molecule has 1 fully saturated rings. The molecule has 1 saturated carbocycles. The summed E-state index contributed by atoms with van der Waals surface area (Å²) in [6.45, 7) is 8.15. The SMILES string of the molecule is CSC1CCCCC1NCCC(C)(C)C. The van der Waals surface area contributed by atoms with E-state index in [1.165, 1.54) is 38.6 Å². The minimum atomic E-state index is 0.469. The standard InChI is InChI=1S/C13H27NS/c1-13(2,3)9-10-14-11-7-5-6-8-12(11)15-4/h11-12,14H,5-10H2,1-4H3. The van der Waals surface area contributed by atoms with Gasteiger partial charge in [-0.25, -0.2) is 0 Å². The normalized spacial score (nSPS) is 28.0. The molecule has 1 aliphatic carbocycles. The van der Waals surface area contributed by atoms with E-state index < -0.39 is 0 Å². The second kappa shape index (κ2) is 6.15. The third kappa shape index (κ3) is 5.26. The zero-order valence-corrected chi connectivity index (χ0v) is 11.6. The Balaban J connectivity index is 2.23. The first-order valence-corrected chi connectivity index (χ1v) is 7.58. The smallest absolute Gasteiger partial charge is 0.0198 e. The molecule has 0 saturated heterocycles. The lowest BCUT2D eigenvalue weighted by Crippen LogP contribution is -2.41. The van der Waals surface area contributed by atoms with Crippen LogP contribution in [0.1, 0.15) is 52.9 Å². The van der Waals surface area contributed by atoms with Gasteiger partial charge in [0, 0.05) is 11.3 Å². The number of rotatable bonds is 4.